The minimum absolute atomic E-state index is 1.09. The third kappa shape index (κ3) is 3.91. The van der Waals surface area contributed by atoms with Crippen LogP contribution in [0.4, 0.5) is 0 Å². The van der Waals surface area contributed by atoms with Crippen LogP contribution in [0.3, 0.4) is 0 Å². The van der Waals surface area contributed by atoms with Crippen LogP contribution in [-0.2, 0) is 6.42 Å². The molecule has 4 rings (SSSR count). The average Bonchev–Trinajstić information content (AvgIpc) is 3.07. The number of aromatic nitrogens is 1. The van der Waals surface area contributed by atoms with Gasteiger partial charge in [-0.3, -0.25) is 4.90 Å². The first kappa shape index (κ1) is 17.1. The Morgan fingerprint density at radius 3 is 2.69 bits per heavy atom. The summed E-state index contributed by atoms with van der Waals surface area (Å²) < 4.78 is 0. The second kappa shape index (κ2) is 7.92. The summed E-state index contributed by atoms with van der Waals surface area (Å²) in [4.78, 5) is 6.03. The van der Waals surface area contributed by atoms with Crippen molar-refractivity contribution in [3.8, 4) is 0 Å². The Kier molecular flexibility index (Phi) is 5.21. The Morgan fingerprint density at radius 1 is 1.00 bits per heavy atom. The van der Waals surface area contributed by atoms with Crippen LogP contribution in [0.5, 0.6) is 0 Å². The Hall–Kier alpha value is -2.32. The predicted octanol–water partition coefficient (Wildman–Crippen LogP) is 5.59. The van der Waals surface area contributed by atoms with Crippen LogP contribution in [0, 0.1) is 6.92 Å². The fraction of sp³-hybridized carbons (Fsp3) is 0.333. The summed E-state index contributed by atoms with van der Waals surface area (Å²) in [5.41, 5.74) is 6.91. The quantitative estimate of drug-likeness (QED) is 0.578. The largest absolute Gasteiger partial charge is 0.359 e. The van der Waals surface area contributed by atoms with E-state index in [0.29, 0.717) is 0 Å². The predicted molar refractivity (Wildman–Crippen MR) is 111 cm³/mol. The van der Waals surface area contributed by atoms with Crippen LogP contribution < -0.4 is 0 Å². The number of nitrogens with zero attached hydrogens (tertiary/aromatic N) is 1. The highest BCUT2D eigenvalue weighted by atomic mass is 15.1. The summed E-state index contributed by atoms with van der Waals surface area (Å²) in [6, 6.07) is 19.7. The number of rotatable bonds is 6. The molecule has 1 aromatic heterocycles. The lowest BCUT2D eigenvalue weighted by Gasteiger charge is -2.26. The molecule has 2 aromatic carbocycles. The van der Waals surface area contributed by atoms with E-state index in [2.05, 4.69) is 77.5 Å². The molecule has 0 spiro atoms. The summed E-state index contributed by atoms with van der Waals surface area (Å²) in [5, 5.41) is 1.40. The molecule has 1 aliphatic heterocycles. The molecule has 3 aromatic rings. The lowest BCUT2D eigenvalue weighted by atomic mass is 9.99. The molecule has 2 heteroatoms. The van der Waals surface area contributed by atoms with E-state index >= 15 is 0 Å². The molecule has 134 valence electrons. The van der Waals surface area contributed by atoms with Crippen molar-refractivity contribution in [3.05, 3.63) is 77.5 Å². The number of unbranched alkanes of at least 4 members (excludes halogenated alkanes) is 1. The molecular weight excluding hydrogens is 316 g/mol. The third-order valence-corrected chi connectivity index (χ3v) is 5.50. The number of aryl methyl sites for hydroxylation is 2. The van der Waals surface area contributed by atoms with Crippen molar-refractivity contribution in [2.75, 3.05) is 19.6 Å². The fourth-order valence-electron chi connectivity index (χ4n) is 4.06. The molecule has 0 atom stereocenters. The highest BCUT2D eigenvalue weighted by Crippen LogP contribution is 2.23. The number of H-pyrrole nitrogens is 1. The number of hydrogen-bond donors (Lipinski definition) is 1. The van der Waals surface area contributed by atoms with Crippen LogP contribution in [0.25, 0.3) is 16.5 Å². The van der Waals surface area contributed by atoms with Crippen LogP contribution >= 0.6 is 0 Å². The van der Waals surface area contributed by atoms with Gasteiger partial charge in [0.2, 0.25) is 0 Å². The van der Waals surface area contributed by atoms with Gasteiger partial charge in [-0.05, 0) is 68.0 Å². The second-order valence-corrected chi connectivity index (χ2v) is 7.43. The minimum Gasteiger partial charge on any atom is -0.359 e. The van der Waals surface area contributed by atoms with Crippen molar-refractivity contribution in [3.63, 3.8) is 0 Å². The molecule has 26 heavy (non-hydrogen) atoms. The molecule has 0 radical (unpaired) electrons. The van der Waals surface area contributed by atoms with E-state index in [-0.39, 0.29) is 0 Å². The van der Waals surface area contributed by atoms with E-state index < -0.39 is 0 Å². The normalized spacial score (nSPS) is 15.3. The van der Waals surface area contributed by atoms with Crippen molar-refractivity contribution >= 4 is 16.5 Å². The van der Waals surface area contributed by atoms with Gasteiger partial charge in [-0.1, -0.05) is 48.5 Å². The maximum atomic E-state index is 3.44. The summed E-state index contributed by atoms with van der Waals surface area (Å²) in [7, 11) is 0. The number of nitrogens with one attached hydrogen (secondary N) is 1. The molecule has 1 N–H and O–H groups in total. The summed E-state index contributed by atoms with van der Waals surface area (Å²) >= 11 is 0. The highest BCUT2D eigenvalue weighted by Gasteiger charge is 2.12. The first-order chi connectivity index (χ1) is 12.8. The van der Waals surface area contributed by atoms with Crippen LogP contribution in [0.2, 0.25) is 0 Å². The van der Waals surface area contributed by atoms with Crippen molar-refractivity contribution in [1.29, 1.82) is 0 Å². The van der Waals surface area contributed by atoms with Gasteiger partial charge in [0.25, 0.3) is 0 Å². The third-order valence-electron chi connectivity index (χ3n) is 5.50. The minimum atomic E-state index is 1.09. The van der Waals surface area contributed by atoms with E-state index in [1.165, 1.54) is 72.1 Å². The first-order valence-electron chi connectivity index (χ1n) is 9.83. The number of aromatic amines is 1. The molecule has 2 heterocycles. The Labute approximate surface area is 156 Å². The van der Waals surface area contributed by atoms with Crippen LogP contribution in [-0.4, -0.2) is 29.5 Å². The van der Waals surface area contributed by atoms with Gasteiger partial charge in [0.15, 0.2) is 0 Å². The highest BCUT2D eigenvalue weighted by molar-refractivity contribution is 5.83. The second-order valence-electron chi connectivity index (χ2n) is 7.43. The van der Waals surface area contributed by atoms with Gasteiger partial charge in [0.1, 0.15) is 0 Å². The Balaban J connectivity index is 1.26. The Bertz CT molecular complexity index is 889. The van der Waals surface area contributed by atoms with E-state index in [4.69, 9.17) is 0 Å². The first-order valence-corrected chi connectivity index (χ1v) is 9.83. The number of hydrogen-bond acceptors (Lipinski definition) is 1. The number of fused-ring (bicyclic) bond motifs is 1. The number of benzene rings is 2. The zero-order valence-electron chi connectivity index (χ0n) is 15.7. The zero-order chi connectivity index (χ0) is 17.8. The van der Waals surface area contributed by atoms with Crippen LogP contribution in [0.1, 0.15) is 36.1 Å². The molecular formula is C24H28N2. The SMILES string of the molecule is Cc1cc2c(CCCCN3CC=C(c4ccccc4)CC3)cccc2[nH]1. The van der Waals surface area contributed by atoms with Crippen molar-refractivity contribution in [1.82, 2.24) is 9.88 Å². The van der Waals surface area contributed by atoms with Gasteiger partial charge < -0.3 is 4.98 Å². The molecule has 0 amide bonds. The summed E-state index contributed by atoms with van der Waals surface area (Å²) in [5.74, 6) is 0. The topological polar surface area (TPSA) is 19.0 Å². The monoisotopic (exact) mass is 344 g/mol. The molecule has 0 saturated heterocycles. The molecule has 0 saturated carbocycles. The van der Waals surface area contributed by atoms with E-state index in [1.54, 1.807) is 0 Å². The summed E-state index contributed by atoms with van der Waals surface area (Å²) in [6.07, 6.45) is 7.30. The van der Waals surface area contributed by atoms with E-state index in [1.807, 2.05) is 0 Å². The van der Waals surface area contributed by atoms with Gasteiger partial charge in [0, 0.05) is 29.7 Å². The van der Waals surface area contributed by atoms with Crippen molar-refractivity contribution < 1.29 is 0 Å². The molecule has 1 aliphatic rings. The zero-order valence-corrected chi connectivity index (χ0v) is 15.7. The lowest BCUT2D eigenvalue weighted by molar-refractivity contribution is 0.295. The maximum absolute atomic E-state index is 3.44. The average molecular weight is 345 g/mol. The Morgan fingerprint density at radius 2 is 1.88 bits per heavy atom. The summed E-state index contributed by atoms with van der Waals surface area (Å²) in [6.45, 7) is 5.63. The van der Waals surface area contributed by atoms with E-state index in [0.717, 1.165) is 6.54 Å². The lowest BCUT2D eigenvalue weighted by Crippen LogP contribution is -2.29. The fourth-order valence-corrected chi connectivity index (χ4v) is 4.06. The maximum Gasteiger partial charge on any atom is 0.0458 e. The molecule has 0 fully saturated rings. The van der Waals surface area contributed by atoms with Crippen molar-refractivity contribution in [2.45, 2.75) is 32.6 Å². The van der Waals surface area contributed by atoms with Crippen LogP contribution in [0.15, 0.2) is 60.7 Å². The van der Waals surface area contributed by atoms with E-state index in [9.17, 15) is 0 Å². The standard InChI is InChI=1S/C24H28N2/c1-19-18-23-22(11-7-12-24(23)25-19)10-5-6-15-26-16-13-21(14-17-26)20-8-3-2-4-9-20/h2-4,7-9,11-13,18,25H,5-6,10,14-17H2,1H3. The van der Waals surface area contributed by atoms with Gasteiger partial charge in [0.05, 0.1) is 0 Å². The van der Waals surface area contributed by atoms with Crippen molar-refractivity contribution in [2.24, 2.45) is 0 Å². The smallest absolute Gasteiger partial charge is 0.0458 e. The van der Waals surface area contributed by atoms with Gasteiger partial charge in [-0.15, -0.1) is 0 Å². The molecule has 0 bridgehead atoms. The van der Waals surface area contributed by atoms with Gasteiger partial charge in [-0.2, -0.15) is 0 Å². The molecule has 0 aliphatic carbocycles. The molecule has 2 nitrogen and oxygen atoms in total. The molecule has 0 unspecified atom stereocenters. The van der Waals surface area contributed by atoms with Gasteiger partial charge >= 0.3 is 0 Å². The van der Waals surface area contributed by atoms with Gasteiger partial charge in [-0.25, -0.2) is 0 Å².